The van der Waals surface area contributed by atoms with Crippen LogP contribution in [-0.4, -0.2) is 34.3 Å². The van der Waals surface area contributed by atoms with Gasteiger partial charge < -0.3 is 20.5 Å². The highest BCUT2D eigenvalue weighted by molar-refractivity contribution is 9.10. The van der Waals surface area contributed by atoms with Gasteiger partial charge in [0.15, 0.2) is 0 Å². The van der Waals surface area contributed by atoms with Crippen molar-refractivity contribution >= 4 is 33.4 Å². The van der Waals surface area contributed by atoms with E-state index in [0.29, 0.717) is 52.7 Å². The lowest BCUT2D eigenvalue weighted by molar-refractivity contribution is 0.0698. The third-order valence-corrected chi connectivity index (χ3v) is 5.45. The Morgan fingerprint density at radius 1 is 1.39 bits per heavy atom. The molecule has 1 aliphatic heterocycles. The number of nitrogens with zero attached hydrogens (tertiary/aromatic N) is 4. The molecule has 0 saturated carbocycles. The average Bonchev–Trinajstić information content (AvgIpc) is 2.72. The Kier molecular flexibility index (Phi) is 6.42. The lowest BCUT2D eigenvalue weighted by Gasteiger charge is -2.28. The van der Waals surface area contributed by atoms with Crippen LogP contribution < -0.4 is 10.6 Å². The van der Waals surface area contributed by atoms with Gasteiger partial charge in [0, 0.05) is 28.5 Å². The van der Waals surface area contributed by atoms with Gasteiger partial charge in [-0.05, 0) is 47.0 Å². The summed E-state index contributed by atoms with van der Waals surface area (Å²) in [6, 6.07) is 7.64. The Bertz CT molecular complexity index is 953. The van der Waals surface area contributed by atoms with Crippen molar-refractivity contribution in [2.24, 2.45) is 5.92 Å². The number of hydrogen-bond donors (Lipinski definition) is 3. The molecule has 1 aliphatic rings. The van der Waals surface area contributed by atoms with E-state index in [2.05, 4.69) is 48.7 Å². The molecule has 28 heavy (non-hydrogen) atoms. The van der Waals surface area contributed by atoms with Crippen molar-refractivity contribution in [2.75, 3.05) is 23.8 Å². The fourth-order valence-electron chi connectivity index (χ4n) is 2.94. The number of ether oxygens (including phenoxy) is 1. The predicted octanol–water partition coefficient (Wildman–Crippen LogP) is 3.00. The first-order valence-electron chi connectivity index (χ1n) is 8.73. The smallest absolute Gasteiger partial charge is 0.229 e. The number of aliphatic hydroxyl groups excluding tert-OH is 1. The third-order valence-electron chi connectivity index (χ3n) is 4.51. The van der Waals surface area contributed by atoms with E-state index in [1.807, 2.05) is 6.92 Å². The summed E-state index contributed by atoms with van der Waals surface area (Å²) < 4.78 is 6.05. The molecule has 0 spiro atoms. The molecule has 144 valence electrons. The second-order valence-corrected chi connectivity index (χ2v) is 7.26. The lowest BCUT2D eigenvalue weighted by Crippen LogP contribution is -2.38. The zero-order valence-corrected chi connectivity index (χ0v) is 16.8. The van der Waals surface area contributed by atoms with Crippen LogP contribution >= 0.6 is 15.9 Å². The number of halogens is 1. The second-order valence-electron chi connectivity index (χ2n) is 6.47. The number of nitrogens with one attached hydrogen (secondary N) is 2. The largest absolute Gasteiger partial charge is 0.392 e. The zero-order valence-electron chi connectivity index (χ0n) is 15.2. The van der Waals surface area contributed by atoms with Crippen molar-refractivity contribution in [2.45, 2.75) is 26.0 Å². The number of nitriles is 2. The maximum absolute atomic E-state index is 9.49. The van der Waals surface area contributed by atoms with Gasteiger partial charge in [-0.1, -0.05) is 0 Å². The highest BCUT2D eigenvalue weighted by atomic mass is 79.9. The van der Waals surface area contributed by atoms with Gasteiger partial charge in [-0.15, -0.1) is 0 Å². The first-order chi connectivity index (χ1) is 13.5. The second kappa shape index (κ2) is 8.98. The molecule has 0 amide bonds. The Morgan fingerprint density at radius 3 is 2.93 bits per heavy atom. The molecule has 9 heteroatoms. The van der Waals surface area contributed by atoms with Crippen molar-refractivity contribution in [3.8, 4) is 12.1 Å². The van der Waals surface area contributed by atoms with Crippen LogP contribution in [0.5, 0.6) is 0 Å². The maximum atomic E-state index is 9.49. The minimum atomic E-state index is -0.205. The Labute approximate surface area is 171 Å². The van der Waals surface area contributed by atoms with Gasteiger partial charge in [0.05, 0.1) is 36.8 Å². The van der Waals surface area contributed by atoms with Crippen LogP contribution in [0.25, 0.3) is 0 Å². The summed E-state index contributed by atoms with van der Waals surface area (Å²) >= 11 is 3.32. The van der Waals surface area contributed by atoms with E-state index in [9.17, 15) is 15.6 Å². The molecule has 3 N–H and O–H groups in total. The monoisotopic (exact) mass is 442 g/mol. The van der Waals surface area contributed by atoms with E-state index in [1.54, 1.807) is 18.3 Å². The fraction of sp³-hybridized carbons (Fsp3) is 0.368. The number of rotatable bonds is 5. The number of aryl methyl sites for hydroxylation is 1. The molecule has 1 aromatic heterocycles. The van der Waals surface area contributed by atoms with Gasteiger partial charge in [0.2, 0.25) is 5.95 Å². The van der Waals surface area contributed by atoms with Crippen molar-refractivity contribution < 1.29 is 9.84 Å². The fourth-order valence-corrected chi connectivity index (χ4v) is 3.38. The minimum absolute atomic E-state index is 0.140. The van der Waals surface area contributed by atoms with Crippen LogP contribution in [0.3, 0.4) is 0 Å². The van der Waals surface area contributed by atoms with Crippen molar-refractivity contribution in [1.29, 1.82) is 10.5 Å². The third kappa shape index (κ3) is 4.39. The molecular formula is C19H19BrN6O2. The first kappa shape index (κ1) is 20.0. The van der Waals surface area contributed by atoms with Crippen LogP contribution in [0.15, 0.2) is 22.8 Å². The lowest BCUT2D eigenvalue weighted by atomic mass is 9.96. The topological polar surface area (TPSA) is 127 Å². The summed E-state index contributed by atoms with van der Waals surface area (Å²) in [7, 11) is 0. The average molecular weight is 443 g/mol. The first-order valence-corrected chi connectivity index (χ1v) is 9.53. The van der Waals surface area contributed by atoms with Gasteiger partial charge in [0.1, 0.15) is 11.9 Å². The molecule has 0 bridgehead atoms. The number of hydrogen-bond acceptors (Lipinski definition) is 8. The quantitative estimate of drug-likeness (QED) is 0.644. The Balaban J connectivity index is 1.84. The number of benzene rings is 1. The highest BCUT2D eigenvalue weighted by Gasteiger charge is 2.26. The summed E-state index contributed by atoms with van der Waals surface area (Å²) in [5, 5.41) is 34.5. The molecule has 1 aromatic carbocycles. The van der Waals surface area contributed by atoms with Gasteiger partial charge in [-0.2, -0.15) is 15.5 Å². The number of aliphatic hydroxyl groups is 1. The van der Waals surface area contributed by atoms with E-state index in [0.717, 1.165) is 5.56 Å². The Morgan fingerprint density at radius 2 is 2.21 bits per heavy atom. The summed E-state index contributed by atoms with van der Waals surface area (Å²) in [4.78, 5) is 8.79. The molecule has 0 aliphatic carbocycles. The summed E-state index contributed by atoms with van der Waals surface area (Å²) in [6.45, 7) is 2.71. The summed E-state index contributed by atoms with van der Waals surface area (Å²) in [6.07, 6.45) is 2.36. The molecule has 0 radical (unpaired) electrons. The van der Waals surface area contributed by atoms with Crippen LogP contribution in [0.1, 0.15) is 23.1 Å². The highest BCUT2D eigenvalue weighted by Crippen LogP contribution is 2.28. The van der Waals surface area contributed by atoms with Crippen molar-refractivity contribution in [3.63, 3.8) is 0 Å². The molecule has 1 saturated heterocycles. The molecule has 8 nitrogen and oxygen atoms in total. The molecule has 0 unspecified atom stereocenters. The number of aromatic nitrogens is 2. The van der Waals surface area contributed by atoms with Gasteiger partial charge in [-0.25, -0.2) is 4.98 Å². The van der Waals surface area contributed by atoms with E-state index < -0.39 is 0 Å². The van der Waals surface area contributed by atoms with Crippen molar-refractivity contribution in [1.82, 2.24) is 9.97 Å². The van der Waals surface area contributed by atoms with Crippen LogP contribution in [0.2, 0.25) is 0 Å². The van der Waals surface area contributed by atoms with Crippen LogP contribution in [0.4, 0.5) is 17.5 Å². The molecule has 1 fully saturated rings. The van der Waals surface area contributed by atoms with Crippen LogP contribution in [-0.2, 0) is 11.3 Å². The van der Waals surface area contributed by atoms with Crippen molar-refractivity contribution in [3.05, 3.63) is 39.5 Å². The van der Waals surface area contributed by atoms with E-state index in [4.69, 9.17) is 4.74 Å². The summed E-state index contributed by atoms with van der Waals surface area (Å²) in [5.74, 6) is 0.818. The SMILES string of the molecule is Cc1cnc(Nc2cc(C#N)c(Br)c(CO)c2)nc1N[C@H]1COCC[C@@H]1C#N. The van der Waals surface area contributed by atoms with Crippen LogP contribution in [0, 0.1) is 35.5 Å². The van der Waals surface area contributed by atoms with Gasteiger partial charge in [-0.3, -0.25) is 0 Å². The molecular weight excluding hydrogens is 424 g/mol. The number of anilines is 3. The Hall–Kier alpha value is -2.72. The molecule has 2 aromatic rings. The molecule has 3 rings (SSSR count). The predicted molar refractivity (Wildman–Crippen MR) is 107 cm³/mol. The molecule has 2 atom stereocenters. The van der Waals surface area contributed by atoms with Gasteiger partial charge >= 0.3 is 0 Å². The minimum Gasteiger partial charge on any atom is -0.392 e. The zero-order chi connectivity index (χ0) is 20.1. The maximum Gasteiger partial charge on any atom is 0.229 e. The van der Waals surface area contributed by atoms with E-state index in [1.165, 1.54) is 0 Å². The van der Waals surface area contributed by atoms with E-state index >= 15 is 0 Å². The normalized spacial score (nSPS) is 18.8. The summed E-state index contributed by atoms with van der Waals surface area (Å²) in [5.41, 5.74) is 2.42. The standard InChI is InChI=1S/C19H19BrN6O2/c1-11-8-23-19(24-15-4-13(7-22)17(20)14(5-15)9-27)26-18(11)25-16-10-28-3-2-12(16)6-21/h4-5,8,12,16,27H,2-3,9-10H2,1H3,(H2,23,24,25,26)/t12-,16+/m1/s1. The van der Waals surface area contributed by atoms with Gasteiger partial charge in [0.25, 0.3) is 0 Å². The van der Waals surface area contributed by atoms with E-state index in [-0.39, 0.29) is 18.6 Å². The molecule has 2 heterocycles.